The number of hydrogen-bond donors (Lipinski definition) is 1. The molecule has 1 rings (SSSR count). The van der Waals surface area contributed by atoms with Crippen LogP contribution in [0, 0.1) is 0 Å². The highest BCUT2D eigenvalue weighted by Crippen LogP contribution is 2.04. The van der Waals surface area contributed by atoms with Crippen LogP contribution < -0.4 is 5.32 Å². The van der Waals surface area contributed by atoms with Gasteiger partial charge in [0.2, 0.25) is 0 Å². The second-order valence-electron chi connectivity index (χ2n) is 3.80. The number of carbonyl (C=O) groups excluding carboxylic acids is 2. The van der Waals surface area contributed by atoms with Gasteiger partial charge in [0.25, 0.3) is 0 Å². The van der Waals surface area contributed by atoms with E-state index in [1.54, 1.807) is 6.92 Å². The number of benzene rings is 1. The summed E-state index contributed by atoms with van der Waals surface area (Å²) >= 11 is 0. The van der Waals surface area contributed by atoms with Crippen LogP contribution in [0.5, 0.6) is 0 Å². The lowest BCUT2D eigenvalue weighted by Crippen LogP contribution is -2.11. The van der Waals surface area contributed by atoms with Crippen molar-refractivity contribution in [3.63, 3.8) is 0 Å². The fourth-order valence-corrected chi connectivity index (χ4v) is 1.30. The van der Waals surface area contributed by atoms with Crippen molar-refractivity contribution in [3.8, 4) is 0 Å². The molecule has 0 spiro atoms. The molecule has 0 aliphatic rings. The SMILES string of the molecule is C=CC(=O)OCC.CCOC(=O)CCNc1ccccc1. The fourth-order valence-electron chi connectivity index (χ4n) is 1.30. The van der Waals surface area contributed by atoms with Gasteiger partial charge in [-0.05, 0) is 26.0 Å². The molecule has 0 saturated heterocycles. The second-order valence-corrected chi connectivity index (χ2v) is 3.80. The molecule has 0 radical (unpaired) electrons. The van der Waals surface area contributed by atoms with Crippen LogP contribution in [0.2, 0.25) is 0 Å². The van der Waals surface area contributed by atoms with E-state index in [0.717, 1.165) is 11.8 Å². The van der Waals surface area contributed by atoms with Crippen LogP contribution in [0.15, 0.2) is 43.0 Å². The predicted octanol–water partition coefficient (Wildman–Crippen LogP) is 2.79. The van der Waals surface area contributed by atoms with Crippen LogP contribution in [0.4, 0.5) is 5.69 Å². The van der Waals surface area contributed by atoms with E-state index < -0.39 is 0 Å². The molecular weight excluding hydrogens is 270 g/mol. The highest BCUT2D eigenvalue weighted by atomic mass is 16.5. The molecule has 0 aliphatic heterocycles. The first-order valence-corrected chi connectivity index (χ1v) is 6.87. The number of hydrogen-bond acceptors (Lipinski definition) is 5. The number of esters is 2. The van der Waals surface area contributed by atoms with Crippen LogP contribution in [0.25, 0.3) is 0 Å². The van der Waals surface area contributed by atoms with E-state index >= 15 is 0 Å². The van der Waals surface area contributed by atoms with Crippen molar-refractivity contribution in [2.75, 3.05) is 25.1 Å². The molecule has 0 bridgehead atoms. The summed E-state index contributed by atoms with van der Waals surface area (Å²) in [5, 5.41) is 3.13. The maximum absolute atomic E-state index is 11.0. The zero-order chi connectivity index (χ0) is 15.9. The summed E-state index contributed by atoms with van der Waals surface area (Å²) in [6.45, 7) is 8.25. The molecule has 21 heavy (non-hydrogen) atoms. The first-order chi connectivity index (χ1) is 10.1. The molecule has 1 aromatic rings. The average Bonchev–Trinajstić information content (AvgIpc) is 2.49. The lowest BCUT2D eigenvalue weighted by molar-refractivity contribution is -0.142. The molecule has 0 aromatic heterocycles. The molecule has 0 amide bonds. The van der Waals surface area contributed by atoms with Crippen LogP contribution >= 0.6 is 0 Å². The largest absolute Gasteiger partial charge is 0.466 e. The van der Waals surface area contributed by atoms with Gasteiger partial charge in [0.1, 0.15) is 0 Å². The molecule has 0 saturated carbocycles. The van der Waals surface area contributed by atoms with Crippen LogP contribution in [0.1, 0.15) is 20.3 Å². The third-order valence-corrected chi connectivity index (χ3v) is 2.19. The Morgan fingerprint density at radius 3 is 2.24 bits per heavy atom. The summed E-state index contributed by atoms with van der Waals surface area (Å²) < 4.78 is 9.23. The smallest absolute Gasteiger partial charge is 0.330 e. The van der Waals surface area contributed by atoms with Crippen molar-refractivity contribution in [1.82, 2.24) is 0 Å². The molecule has 1 aromatic carbocycles. The zero-order valence-electron chi connectivity index (χ0n) is 12.6. The molecule has 5 heteroatoms. The maximum atomic E-state index is 11.0. The van der Waals surface area contributed by atoms with Crippen molar-refractivity contribution in [2.45, 2.75) is 20.3 Å². The minimum Gasteiger partial charge on any atom is -0.466 e. The first-order valence-electron chi connectivity index (χ1n) is 6.87. The molecule has 0 fully saturated rings. The summed E-state index contributed by atoms with van der Waals surface area (Å²) in [6.07, 6.45) is 1.55. The number of anilines is 1. The highest BCUT2D eigenvalue weighted by Gasteiger charge is 1.99. The maximum Gasteiger partial charge on any atom is 0.330 e. The van der Waals surface area contributed by atoms with Gasteiger partial charge in [0.05, 0.1) is 19.6 Å². The number of rotatable bonds is 7. The van der Waals surface area contributed by atoms with Gasteiger partial charge in [-0.25, -0.2) is 4.79 Å². The molecule has 0 heterocycles. The summed E-state index contributed by atoms with van der Waals surface area (Å²) in [5.41, 5.74) is 1.02. The molecule has 1 N–H and O–H groups in total. The van der Waals surface area contributed by atoms with E-state index in [-0.39, 0.29) is 11.9 Å². The molecule has 0 atom stereocenters. The Bertz CT molecular complexity index is 418. The Morgan fingerprint density at radius 1 is 1.14 bits per heavy atom. The fraction of sp³-hybridized carbons (Fsp3) is 0.375. The monoisotopic (exact) mass is 293 g/mol. The Kier molecular flexibility index (Phi) is 11.3. The van der Waals surface area contributed by atoms with E-state index in [2.05, 4.69) is 16.6 Å². The van der Waals surface area contributed by atoms with Crippen molar-refractivity contribution in [3.05, 3.63) is 43.0 Å². The molecule has 0 aliphatic carbocycles. The van der Waals surface area contributed by atoms with Gasteiger partial charge < -0.3 is 14.8 Å². The van der Waals surface area contributed by atoms with Gasteiger partial charge in [-0.3, -0.25) is 4.79 Å². The molecule has 5 nitrogen and oxygen atoms in total. The van der Waals surface area contributed by atoms with Gasteiger partial charge in [0, 0.05) is 18.3 Å². The van der Waals surface area contributed by atoms with E-state index in [4.69, 9.17) is 4.74 Å². The van der Waals surface area contributed by atoms with Crippen LogP contribution in [-0.2, 0) is 19.1 Å². The zero-order valence-corrected chi connectivity index (χ0v) is 12.6. The first kappa shape index (κ1) is 18.7. The number of para-hydroxylation sites is 1. The average molecular weight is 293 g/mol. The van der Waals surface area contributed by atoms with Crippen molar-refractivity contribution >= 4 is 17.6 Å². The number of nitrogens with one attached hydrogen (secondary N) is 1. The Labute approximate surface area is 125 Å². The van der Waals surface area contributed by atoms with Crippen molar-refractivity contribution < 1.29 is 19.1 Å². The van der Waals surface area contributed by atoms with E-state index in [1.165, 1.54) is 0 Å². The van der Waals surface area contributed by atoms with Crippen molar-refractivity contribution in [1.29, 1.82) is 0 Å². The third-order valence-electron chi connectivity index (χ3n) is 2.19. The minimum atomic E-state index is -0.359. The van der Waals surface area contributed by atoms with E-state index in [9.17, 15) is 9.59 Å². The van der Waals surface area contributed by atoms with Gasteiger partial charge >= 0.3 is 11.9 Å². The van der Waals surface area contributed by atoms with Crippen LogP contribution in [-0.4, -0.2) is 31.7 Å². The van der Waals surface area contributed by atoms with Gasteiger partial charge in [-0.1, -0.05) is 24.8 Å². The molecular formula is C16H23NO4. The number of ether oxygens (including phenoxy) is 2. The van der Waals surface area contributed by atoms with E-state index in [0.29, 0.717) is 26.2 Å². The predicted molar refractivity (Wildman–Crippen MR) is 83.0 cm³/mol. The van der Waals surface area contributed by atoms with Crippen LogP contribution in [0.3, 0.4) is 0 Å². The van der Waals surface area contributed by atoms with Gasteiger partial charge in [-0.2, -0.15) is 0 Å². The Balaban J connectivity index is 0.000000486. The standard InChI is InChI=1S/C11H15NO2.C5H8O2/c1-2-14-11(13)8-9-12-10-6-4-3-5-7-10;1-3-5(6)7-4-2/h3-7,12H,2,8-9H2,1H3;3H,1,4H2,2H3. The quantitative estimate of drug-likeness (QED) is 0.618. The second kappa shape index (κ2) is 12.7. The summed E-state index contributed by atoms with van der Waals surface area (Å²) in [7, 11) is 0. The third kappa shape index (κ3) is 11.2. The van der Waals surface area contributed by atoms with Gasteiger partial charge in [0.15, 0.2) is 0 Å². The number of carbonyl (C=O) groups is 2. The topological polar surface area (TPSA) is 64.6 Å². The highest BCUT2D eigenvalue weighted by molar-refractivity contribution is 5.81. The normalized spacial score (nSPS) is 8.86. The summed E-state index contributed by atoms with van der Waals surface area (Å²) in [6, 6.07) is 9.78. The lowest BCUT2D eigenvalue weighted by atomic mass is 10.3. The summed E-state index contributed by atoms with van der Waals surface area (Å²) in [5.74, 6) is -0.515. The molecule has 116 valence electrons. The molecule has 0 unspecified atom stereocenters. The Morgan fingerprint density at radius 2 is 1.76 bits per heavy atom. The van der Waals surface area contributed by atoms with E-state index in [1.807, 2.05) is 37.3 Å². The lowest BCUT2D eigenvalue weighted by Gasteiger charge is -2.05. The minimum absolute atomic E-state index is 0.157. The van der Waals surface area contributed by atoms with Crippen molar-refractivity contribution in [2.24, 2.45) is 0 Å². The van der Waals surface area contributed by atoms with Gasteiger partial charge in [-0.15, -0.1) is 0 Å². The summed E-state index contributed by atoms with van der Waals surface area (Å²) in [4.78, 5) is 21.0. The Hall–Kier alpha value is -2.30.